The number of piperidine rings is 1. The van der Waals surface area contributed by atoms with Gasteiger partial charge in [-0.1, -0.05) is 0 Å². The number of anilines is 1. The highest BCUT2D eigenvalue weighted by atomic mass is 16.6. The lowest BCUT2D eigenvalue weighted by molar-refractivity contribution is -0.137. The minimum absolute atomic E-state index is 0.0561. The van der Waals surface area contributed by atoms with Gasteiger partial charge in [-0.25, -0.2) is 4.79 Å². The van der Waals surface area contributed by atoms with Crippen LogP contribution in [0, 0.1) is 5.92 Å². The lowest BCUT2D eigenvalue weighted by Gasteiger charge is -2.35. The highest BCUT2D eigenvalue weighted by Gasteiger charge is 2.32. The zero-order valence-electron chi connectivity index (χ0n) is 19.3. The molecule has 1 aliphatic heterocycles. The number of likely N-dealkylation sites (tertiary alicyclic amines) is 1. The molecular weight excluding hydrogens is 412 g/mol. The van der Waals surface area contributed by atoms with Crippen LogP contribution in [0.3, 0.4) is 0 Å². The first-order valence-electron chi connectivity index (χ1n) is 11.0. The predicted octanol–water partition coefficient (Wildman–Crippen LogP) is 2.61. The molecule has 1 atom stereocenters. The zero-order valence-corrected chi connectivity index (χ0v) is 19.3. The summed E-state index contributed by atoms with van der Waals surface area (Å²) in [5.41, 5.74) is 5.53. The van der Waals surface area contributed by atoms with Gasteiger partial charge in [0.05, 0.1) is 5.92 Å². The van der Waals surface area contributed by atoms with Crippen LogP contribution in [-0.2, 0) is 14.3 Å². The Hall–Kier alpha value is -3.10. The van der Waals surface area contributed by atoms with Crippen LogP contribution in [0.1, 0.15) is 57.3 Å². The van der Waals surface area contributed by atoms with E-state index in [1.54, 1.807) is 34.1 Å². The third-order valence-electron chi connectivity index (χ3n) is 5.18. The van der Waals surface area contributed by atoms with Gasteiger partial charge in [-0.05, 0) is 64.8 Å². The van der Waals surface area contributed by atoms with E-state index in [2.05, 4.69) is 5.32 Å². The molecule has 1 unspecified atom stereocenters. The van der Waals surface area contributed by atoms with Crippen LogP contribution in [0.5, 0.6) is 0 Å². The lowest BCUT2D eigenvalue weighted by atomic mass is 9.96. The third-order valence-corrected chi connectivity index (χ3v) is 5.18. The number of rotatable bonds is 7. The summed E-state index contributed by atoms with van der Waals surface area (Å²) in [5, 5.41) is 2.75. The Kier molecular flexibility index (Phi) is 8.63. The van der Waals surface area contributed by atoms with Gasteiger partial charge in [-0.15, -0.1) is 0 Å². The van der Waals surface area contributed by atoms with Crippen molar-refractivity contribution in [3.63, 3.8) is 0 Å². The standard InChI is InChI=1S/C23H34N4O5/c1-5-26(14-12-19(28)25-18-10-8-16(9-11-18)20(24)29)21(30)17-7-6-13-27(15-17)22(31)32-23(2,3)4/h8-11,17H,5-7,12-15H2,1-4H3,(H2,24,29)(H,25,28). The Morgan fingerprint density at radius 3 is 2.41 bits per heavy atom. The first kappa shape index (κ1) is 25.2. The third kappa shape index (κ3) is 7.55. The molecular formula is C23H34N4O5. The highest BCUT2D eigenvalue weighted by Crippen LogP contribution is 2.21. The topological polar surface area (TPSA) is 122 Å². The number of carbonyl (C=O) groups is 4. The smallest absolute Gasteiger partial charge is 0.410 e. The van der Waals surface area contributed by atoms with Crippen molar-refractivity contribution in [1.82, 2.24) is 9.80 Å². The van der Waals surface area contributed by atoms with Crippen molar-refractivity contribution in [2.75, 3.05) is 31.5 Å². The maximum absolute atomic E-state index is 13.0. The quantitative estimate of drug-likeness (QED) is 0.667. The molecule has 1 aromatic carbocycles. The Morgan fingerprint density at radius 1 is 1.19 bits per heavy atom. The molecule has 0 saturated carbocycles. The van der Waals surface area contributed by atoms with E-state index in [1.165, 1.54) is 0 Å². The second-order valence-electron chi connectivity index (χ2n) is 8.92. The monoisotopic (exact) mass is 446 g/mol. The van der Waals surface area contributed by atoms with Gasteiger partial charge >= 0.3 is 6.09 Å². The van der Waals surface area contributed by atoms with Crippen LogP contribution in [0.15, 0.2) is 24.3 Å². The fourth-order valence-corrected chi connectivity index (χ4v) is 3.53. The molecule has 1 saturated heterocycles. The van der Waals surface area contributed by atoms with E-state index in [-0.39, 0.29) is 30.7 Å². The van der Waals surface area contributed by atoms with Crippen molar-refractivity contribution >= 4 is 29.5 Å². The molecule has 1 aliphatic rings. The van der Waals surface area contributed by atoms with Crippen molar-refractivity contribution in [3.8, 4) is 0 Å². The molecule has 3 N–H and O–H groups in total. The normalized spacial score (nSPS) is 16.2. The minimum atomic E-state index is -0.586. The van der Waals surface area contributed by atoms with Gasteiger partial charge in [0.2, 0.25) is 17.7 Å². The van der Waals surface area contributed by atoms with Gasteiger partial charge in [-0.3, -0.25) is 14.4 Å². The minimum Gasteiger partial charge on any atom is -0.444 e. The Labute approximate surface area is 189 Å². The van der Waals surface area contributed by atoms with E-state index in [0.29, 0.717) is 37.3 Å². The number of nitrogens with one attached hydrogen (secondary N) is 1. The molecule has 32 heavy (non-hydrogen) atoms. The average molecular weight is 447 g/mol. The zero-order chi connectivity index (χ0) is 23.9. The van der Waals surface area contributed by atoms with Crippen molar-refractivity contribution in [1.29, 1.82) is 0 Å². The summed E-state index contributed by atoms with van der Waals surface area (Å²) in [6, 6.07) is 6.29. The number of hydrogen-bond acceptors (Lipinski definition) is 5. The number of carbonyl (C=O) groups excluding carboxylic acids is 4. The predicted molar refractivity (Wildman–Crippen MR) is 121 cm³/mol. The van der Waals surface area contributed by atoms with Crippen molar-refractivity contribution in [2.24, 2.45) is 11.7 Å². The summed E-state index contributed by atoms with van der Waals surface area (Å²) < 4.78 is 5.43. The number of amides is 4. The van der Waals surface area contributed by atoms with Crippen LogP contribution in [0.2, 0.25) is 0 Å². The average Bonchev–Trinajstić information content (AvgIpc) is 2.73. The molecule has 9 nitrogen and oxygen atoms in total. The number of benzene rings is 1. The fraction of sp³-hybridized carbons (Fsp3) is 0.565. The van der Waals surface area contributed by atoms with Gasteiger partial charge in [0.25, 0.3) is 0 Å². The number of nitrogens with zero attached hydrogens (tertiary/aromatic N) is 2. The first-order chi connectivity index (χ1) is 15.0. The molecule has 4 amide bonds. The lowest BCUT2D eigenvalue weighted by Crippen LogP contribution is -2.48. The van der Waals surface area contributed by atoms with Gasteiger partial charge in [0.1, 0.15) is 5.60 Å². The molecule has 1 aromatic rings. The SMILES string of the molecule is CCN(CCC(=O)Nc1ccc(C(N)=O)cc1)C(=O)C1CCCN(C(=O)OC(C)(C)C)C1. The molecule has 1 heterocycles. The van der Waals surface area contributed by atoms with Gasteiger partial charge in [0.15, 0.2) is 0 Å². The van der Waals surface area contributed by atoms with Gasteiger partial charge < -0.3 is 25.6 Å². The van der Waals surface area contributed by atoms with E-state index in [9.17, 15) is 19.2 Å². The summed E-state index contributed by atoms with van der Waals surface area (Å²) >= 11 is 0. The van der Waals surface area contributed by atoms with E-state index in [4.69, 9.17) is 10.5 Å². The summed E-state index contributed by atoms with van der Waals surface area (Å²) in [5.74, 6) is -1.13. The maximum atomic E-state index is 13.0. The molecule has 0 aromatic heterocycles. The van der Waals surface area contributed by atoms with Crippen LogP contribution in [0.25, 0.3) is 0 Å². The largest absolute Gasteiger partial charge is 0.444 e. The first-order valence-corrected chi connectivity index (χ1v) is 11.0. The van der Waals surface area contributed by atoms with Crippen molar-refractivity contribution in [3.05, 3.63) is 29.8 Å². The number of nitrogens with two attached hydrogens (primary N) is 1. The number of primary amides is 1. The van der Waals surface area contributed by atoms with Crippen LogP contribution < -0.4 is 11.1 Å². The van der Waals surface area contributed by atoms with E-state index >= 15 is 0 Å². The second-order valence-corrected chi connectivity index (χ2v) is 8.92. The molecule has 0 aliphatic carbocycles. The van der Waals surface area contributed by atoms with Crippen LogP contribution in [0.4, 0.5) is 10.5 Å². The Morgan fingerprint density at radius 2 is 1.84 bits per heavy atom. The van der Waals surface area contributed by atoms with E-state index < -0.39 is 17.6 Å². The van der Waals surface area contributed by atoms with Gasteiger partial charge in [0, 0.05) is 43.9 Å². The molecule has 2 rings (SSSR count). The summed E-state index contributed by atoms with van der Waals surface area (Å²) in [6.45, 7) is 8.96. The molecule has 9 heteroatoms. The summed E-state index contributed by atoms with van der Waals surface area (Å²) in [7, 11) is 0. The Bertz CT molecular complexity index is 832. The second kappa shape index (κ2) is 11.0. The van der Waals surface area contributed by atoms with Crippen molar-refractivity contribution in [2.45, 2.75) is 52.6 Å². The Balaban J connectivity index is 1.88. The maximum Gasteiger partial charge on any atom is 0.410 e. The molecule has 0 radical (unpaired) electrons. The van der Waals surface area contributed by atoms with Crippen LogP contribution in [-0.4, -0.2) is 65.4 Å². The fourth-order valence-electron chi connectivity index (χ4n) is 3.53. The number of ether oxygens (including phenoxy) is 1. The molecule has 0 spiro atoms. The molecule has 0 bridgehead atoms. The van der Waals surface area contributed by atoms with E-state index in [0.717, 1.165) is 6.42 Å². The van der Waals surface area contributed by atoms with Crippen LogP contribution >= 0.6 is 0 Å². The molecule has 1 fully saturated rings. The van der Waals surface area contributed by atoms with E-state index in [1.807, 2.05) is 27.7 Å². The van der Waals surface area contributed by atoms with Gasteiger partial charge in [-0.2, -0.15) is 0 Å². The summed E-state index contributed by atoms with van der Waals surface area (Å²) in [6.07, 6.45) is 1.17. The van der Waals surface area contributed by atoms with Crippen molar-refractivity contribution < 1.29 is 23.9 Å². The highest BCUT2D eigenvalue weighted by molar-refractivity contribution is 5.95. The number of hydrogen-bond donors (Lipinski definition) is 2. The molecule has 176 valence electrons. The summed E-state index contributed by atoms with van der Waals surface area (Å²) in [4.78, 5) is 52.1.